The van der Waals surface area contributed by atoms with E-state index in [9.17, 15) is 9.59 Å². The zero-order chi connectivity index (χ0) is 19.2. The van der Waals surface area contributed by atoms with Crippen molar-refractivity contribution in [2.24, 2.45) is 0 Å². The van der Waals surface area contributed by atoms with Crippen LogP contribution in [0.2, 0.25) is 0 Å². The Morgan fingerprint density at radius 3 is 2.74 bits per heavy atom. The number of nitrogens with one attached hydrogen (secondary N) is 1. The number of carbonyl (C=O) groups is 1. The molecule has 1 aliphatic rings. The molecule has 3 aromatic rings. The molecule has 0 aliphatic heterocycles. The van der Waals surface area contributed by atoms with Gasteiger partial charge in [0.15, 0.2) is 15.6 Å². The van der Waals surface area contributed by atoms with Crippen LogP contribution in [0.25, 0.3) is 21.7 Å². The molecule has 0 bridgehead atoms. The lowest BCUT2D eigenvalue weighted by molar-refractivity contribution is 0.0636. The second-order valence-electron chi connectivity index (χ2n) is 7.29. The van der Waals surface area contributed by atoms with Crippen molar-refractivity contribution >= 4 is 33.0 Å². The van der Waals surface area contributed by atoms with E-state index >= 15 is 0 Å². The fraction of sp³-hybridized carbons (Fsp3) is 0.412. The summed E-state index contributed by atoms with van der Waals surface area (Å²) in [5.74, 6) is 0. The number of nitrogens with zero attached hydrogens (tertiary/aromatic N) is 5. The average molecular weight is 386 g/mol. The molecule has 140 valence electrons. The molecule has 0 radical (unpaired) electrons. The number of amides is 1. The van der Waals surface area contributed by atoms with Crippen LogP contribution in [-0.2, 0) is 4.74 Å². The van der Waals surface area contributed by atoms with Gasteiger partial charge in [0.2, 0.25) is 0 Å². The van der Waals surface area contributed by atoms with Crippen LogP contribution in [0.5, 0.6) is 0 Å². The van der Waals surface area contributed by atoms with Crippen molar-refractivity contribution in [3.8, 4) is 11.3 Å². The van der Waals surface area contributed by atoms with Crippen LogP contribution >= 0.6 is 11.3 Å². The predicted octanol–water partition coefficient (Wildman–Crippen LogP) is 2.99. The van der Waals surface area contributed by atoms with Crippen molar-refractivity contribution < 1.29 is 9.53 Å². The normalized spacial score (nSPS) is 14.3. The number of thiazole rings is 1. The third-order valence-corrected chi connectivity index (χ3v) is 4.60. The van der Waals surface area contributed by atoms with Gasteiger partial charge in [0.05, 0.1) is 24.1 Å². The molecule has 4 rings (SSSR count). The molecular formula is C17H18N6O3S. The highest BCUT2D eigenvalue weighted by molar-refractivity contribution is 7.21. The molecule has 3 aromatic heterocycles. The van der Waals surface area contributed by atoms with Crippen molar-refractivity contribution in [3.63, 3.8) is 0 Å². The second kappa shape index (κ2) is 6.38. The minimum absolute atomic E-state index is 0.145. The lowest BCUT2D eigenvalue weighted by Gasteiger charge is -2.18. The van der Waals surface area contributed by atoms with Gasteiger partial charge in [-0.25, -0.2) is 19.4 Å². The number of hydrogen-bond donors (Lipinski definition) is 1. The summed E-state index contributed by atoms with van der Waals surface area (Å²) in [7, 11) is 0. The maximum absolute atomic E-state index is 12.2. The van der Waals surface area contributed by atoms with Gasteiger partial charge in [0.1, 0.15) is 5.60 Å². The second-order valence-corrected chi connectivity index (χ2v) is 8.27. The fourth-order valence-electron chi connectivity index (χ4n) is 2.46. The summed E-state index contributed by atoms with van der Waals surface area (Å²) < 4.78 is 6.71. The van der Waals surface area contributed by atoms with Crippen molar-refractivity contribution in [1.29, 1.82) is 0 Å². The van der Waals surface area contributed by atoms with E-state index in [0.717, 1.165) is 12.8 Å². The minimum atomic E-state index is -0.599. The number of carbonyl (C=O) groups excluding carboxylic acids is 1. The first-order valence-corrected chi connectivity index (χ1v) is 9.33. The minimum Gasteiger partial charge on any atom is -0.444 e. The first kappa shape index (κ1) is 17.5. The molecule has 0 spiro atoms. The van der Waals surface area contributed by atoms with Crippen LogP contribution in [0.3, 0.4) is 0 Å². The van der Waals surface area contributed by atoms with Crippen LogP contribution < -0.4 is 10.9 Å². The molecule has 0 unspecified atom stereocenters. The molecule has 1 fully saturated rings. The van der Waals surface area contributed by atoms with Gasteiger partial charge in [0.25, 0.3) is 5.56 Å². The summed E-state index contributed by atoms with van der Waals surface area (Å²) in [6.07, 6.45) is 4.56. The zero-order valence-electron chi connectivity index (χ0n) is 15.1. The number of hydrogen-bond acceptors (Lipinski definition) is 8. The third kappa shape index (κ3) is 3.95. The van der Waals surface area contributed by atoms with Crippen LogP contribution in [0.4, 0.5) is 9.93 Å². The Bertz CT molecular complexity index is 1080. The first-order valence-electron chi connectivity index (χ1n) is 8.51. The summed E-state index contributed by atoms with van der Waals surface area (Å²) in [6.45, 7) is 5.35. The number of aromatic nitrogens is 5. The summed E-state index contributed by atoms with van der Waals surface area (Å²) in [4.78, 5) is 37.6. The van der Waals surface area contributed by atoms with Crippen molar-refractivity contribution in [2.45, 2.75) is 45.3 Å². The first-order chi connectivity index (χ1) is 12.8. The SMILES string of the molecule is CC(C)(C)OC(=O)Nc1nc2ncc(-c3cnn(C4CC4)c(=O)c3)nc2s1. The van der Waals surface area contributed by atoms with Crippen LogP contribution in [0.1, 0.15) is 39.7 Å². The molecule has 10 heteroatoms. The Morgan fingerprint density at radius 1 is 1.30 bits per heavy atom. The number of anilines is 1. The summed E-state index contributed by atoms with van der Waals surface area (Å²) in [5, 5.41) is 7.16. The Hall–Kier alpha value is -2.88. The van der Waals surface area contributed by atoms with Gasteiger partial charge in [0, 0.05) is 11.6 Å². The Kier molecular flexibility index (Phi) is 4.14. The van der Waals surface area contributed by atoms with Gasteiger partial charge in [-0.15, -0.1) is 0 Å². The van der Waals surface area contributed by atoms with E-state index in [1.807, 2.05) is 0 Å². The van der Waals surface area contributed by atoms with Crippen LogP contribution in [0, 0.1) is 0 Å². The Balaban J connectivity index is 1.58. The highest BCUT2D eigenvalue weighted by Crippen LogP contribution is 2.32. The lowest BCUT2D eigenvalue weighted by atomic mass is 10.2. The largest absolute Gasteiger partial charge is 0.444 e. The molecule has 1 amide bonds. The van der Waals surface area contributed by atoms with E-state index in [1.54, 1.807) is 27.0 Å². The lowest BCUT2D eigenvalue weighted by Crippen LogP contribution is -2.27. The molecule has 1 aliphatic carbocycles. The number of rotatable bonds is 3. The quantitative estimate of drug-likeness (QED) is 0.736. The van der Waals surface area contributed by atoms with Crippen LogP contribution in [0.15, 0.2) is 23.3 Å². The van der Waals surface area contributed by atoms with Gasteiger partial charge >= 0.3 is 6.09 Å². The highest BCUT2D eigenvalue weighted by Gasteiger charge is 2.25. The molecule has 0 aromatic carbocycles. The van der Waals surface area contributed by atoms with E-state index in [-0.39, 0.29) is 11.6 Å². The van der Waals surface area contributed by atoms with Gasteiger partial charge in [-0.3, -0.25) is 10.1 Å². The van der Waals surface area contributed by atoms with E-state index < -0.39 is 11.7 Å². The maximum atomic E-state index is 12.2. The van der Waals surface area contributed by atoms with Gasteiger partial charge in [-0.05, 0) is 33.6 Å². The van der Waals surface area contributed by atoms with E-state index in [4.69, 9.17) is 4.74 Å². The summed E-state index contributed by atoms with van der Waals surface area (Å²) in [5.41, 5.74) is 0.796. The molecular weight excluding hydrogens is 368 g/mol. The Morgan fingerprint density at radius 2 is 2.07 bits per heavy atom. The van der Waals surface area contributed by atoms with Crippen molar-refractivity contribution in [3.05, 3.63) is 28.8 Å². The number of ether oxygens (including phenoxy) is 1. The highest BCUT2D eigenvalue weighted by atomic mass is 32.1. The molecule has 1 saturated carbocycles. The van der Waals surface area contributed by atoms with Crippen molar-refractivity contribution in [1.82, 2.24) is 24.7 Å². The van der Waals surface area contributed by atoms with Gasteiger partial charge in [-0.1, -0.05) is 11.3 Å². The van der Waals surface area contributed by atoms with E-state index in [1.165, 1.54) is 28.3 Å². The predicted molar refractivity (Wildman–Crippen MR) is 101 cm³/mol. The third-order valence-electron chi connectivity index (χ3n) is 3.75. The summed E-state index contributed by atoms with van der Waals surface area (Å²) >= 11 is 1.18. The molecule has 0 saturated heterocycles. The molecule has 0 atom stereocenters. The van der Waals surface area contributed by atoms with E-state index in [2.05, 4.69) is 25.4 Å². The van der Waals surface area contributed by atoms with Crippen LogP contribution in [-0.4, -0.2) is 36.4 Å². The van der Waals surface area contributed by atoms with Crippen molar-refractivity contribution in [2.75, 3.05) is 5.32 Å². The standard InChI is InChI=1S/C17H18N6O3S/c1-17(2,3)26-16(25)22-15-21-13-14(27-15)20-11(8-18-13)9-6-12(24)23(19-7-9)10-4-5-10/h6-8,10H,4-5H2,1-3H3,(H,18,21,22,25). The van der Waals surface area contributed by atoms with Gasteiger partial charge < -0.3 is 4.74 Å². The molecule has 1 N–H and O–H groups in total. The average Bonchev–Trinajstić information content (AvgIpc) is 3.32. The molecule has 9 nitrogen and oxygen atoms in total. The fourth-order valence-corrected chi connectivity index (χ4v) is 3.24. The topological polar surface area (TPSA) is 112 Å². The molecule has 27 heavy (non-hydrogen) atoms. The molecule has 3 heterocycles. The maximum Gasteiger partial charge on any atom is 0.413 e. The summed E-state index contributed by atoms with van der Waals surface area (Å²) in [6, 6.07) is 1.74. The smallest absolute Gasteiger partial charge is 0.413 e. The van der Waals surface area contributed by atoms with Gasteiger partial charge in [-0.2, -0.15) is 10.1 Å². The zero-order valence-corrected chi connectivity index (χ0v) is 15.9. The Labute approximate surface area is 158 Å². The van der Waals surface area contributed by atoms with E-state index in [0.29, 0.717) is 26.9 Å². The monoisotopic (exact) mass is 386 g/mol. The number of fused-ring (bicyclic) bond motifs is 1.